The van der Waals surface area contributed by atoms with Crippen LogP contribution in [0.2, 0.25) is 0 Å². The van der Waals surface area contributed by atoms with Gasteiger partial charge in [0.25, 0.3) is 0 Å². The normalized spacial score (nSPS) is 20.1. The number of nitrogens with zero attached hydrogens (tertiary/aromatic N) is 3. The molecule has 0 aliphatic carbocycles. The van der Waals surface area contributed by atoms with Crippen LogP contribution >= 0.6 is 11.3 Å². The summed E-state index contributed by atoms with van der Waals surface area (Å²) in [6, 6.07) is 6.35. The van der Waals surface area contributed by atoms with E-state index in [9.17, 15) is 0 Å². The van der Waals surface area contributed by atoms with Gasteiger partial charge in [-0.05, 0) is 50.8 Å². The van der Waals surface area contributed by atoms with Gasteiger partial charge in [0.05, 0.1) is 6.54 Å². The van der Waals surface area contributed by atoms with E-state index in [0.717, 1.165) is 24.6 Å². The largest absolute Gasteiger partial charge is 0.296 e. The molecule has 0 aromatic carbocycles. The summed E-state index contributed by atoms with van der Waals surface area (Å²) < 4.78 is 0. The molecule has 3 heterocycles. The maximum atomic E-state index is 4.64. The third-order valence-electron chi connectivity index (χ3n) is 3.89. The summed E-state index contributed by atoms with van der Waals surface area (Å²) in [4.78, 5) is 11.6. The van der Waals surface area contributed by atoms with Crippen molar-refractivity contribution in [3.63, 3.8) is 0 Å². The Morgan fingerprint density at radius 3 is 3.15 bits per heavy atom. The first-order chi connectivity index (χ1) is 9.79. The van der Waals surface area contributed by atoms with Crippen LogP contribution in [0, 0.1) is 12.8 Å². The Kier molecular flexibility index (Phi) is 4.43. The van der Waals surface area contributed by atoms with Gasteiger partial charge in [0.1, 0.15) is 5.01 Å². The number of hydrogen-bond donors (Lipinski definition) is 0. The molecule has 4 heteroatoms. The van der Waals surface area contributed by atoms with E-state index in [1.165, 1.54) is 36.6 Å². The summed E-state index contributed by atoms with van der Waals surface area (Å²) in [5.74, 6) is 0.734. The molecule has 0 saturated carbocycles. The van der Waals surface area contributed by atoms with Crippen molar-refractivity contribution in [1.29, 1.82) is 0 Å². The SMILES string of the molecule is Cc1cccc(C[C@H]2CCCN(Cc3nccs3)C2)n1. The van der Waals surface area contributed by atoms with Gasteiger partial charge in [0, 0.05) is 29.5 Å². The molecular formula is C16H21N3S. The lowest BCUT2D eigenvalue weighted by molar-refractivity contribution is 0.166. The van der Waals surface area contributed by atoms with Crippen LogP contribution in [-0.4, -0.2) is 28.0 Å². The van der Waals surface area contributed by atoms with E-state index >= 15 is 0 Å². The highest BCUT2D eigenvalue weighted by Crippen LogP contribution is 2.22. The van der Waals surface area contributed by atoms with Crippen molar-refractivity contribution in [3.05, 3.63) is 46.2 Å². The highest BCUT2D eigenvalue weighted by Gasteiger charge is 2.21. The molecule has 1 saturated heterocycles. The lowest BCUT2D eigenvalue weighted by Gasteiger charge is -2.32. The van der Waals surface area contributed by atoms with Crippen LogP contribution in [0.1, 0.15) is 29.2 Å². The van der Waals surface area contributed by atoms with Crippen LogP contribution < -0.4 is 0 Å². The minimum atomic E-state index is 0.734. The van der Waals surface area contributed by atoms with Gasteiger partial charge in [-0.15, -0.1) is 11.3 Å². The molecule has 106 valence electrons. The molecule has 0 amide bonds. The number of likely N-dealkylation sites (tertiary alicyclic amines) is 1. The first-order valence-electron chi connectivity index (χ1n) is 7.33. The Hall–Kier alpha value is -1.26. The van der Waals surface area contributed by atoms with Crippen LogP contribution in [0.5, 0.6) is 0 Å². The second-order valence-electron chi connectivity index (χ2n) is 5.64. The Balaban J connectivity index is 1.57. The molecule has 0 bridgehead atoms. The van der Waals surface area contributed by atoms with Crippen LogP contribution in [-0.2, 0) is 13.0 Å². The maximum absolute atomic E-state index is 4.64. The summed E-state index contributed by atoms with van der Waals surface area (Å²) in [5.41, 5.74) is 2.36. The standard InChI is InChI=1S/C16H21N3S/c1-13-4-2-6-15(18-13)10-14-5-3-8-19(11-14)12-16-17-7-9-20-16/h2,4,6-7,9,14H,3,5,8,10-12H2,1H3/t14-/m1/s1. The second kappa shape index (κ2) is 6.46. The lowest BCUT2D eigenvalue weighted by Crippen LogP contribution is -2.35. The number of thiazole rings is 1. The quantitative estimate of drug-likeness (QED) is 0.864. The van der Waals surface area contributed by atoms with E-state index in [1.807, 2.05) is 6.20 Å². The van der Waals surface area contributed by atoms with Gasteiger partial charge in [0.15, 0.2) is 0 Å². The van der Waals surface area contributed by atoms with Gasteiger partial charge >= 0.3 is 0 Å². The van der Waals surface area contributed by atoms with Gasteiger partial charge < -0.3 is 0 Å². The van der Waals surface area contributed by atoms with E-state index < -0.39 is 0 Å². The first kappa shape index (κ1) is 13.7. The highest BCUT2D eigenvalue weighted by molar-refractivity contribution is 7.09. The van der Waals surface area contributed by atoms with E-state index in [4.69, 9.17) is 0 Å². The van der Waals surface area contributed by atoms with Gasteiger partial charge in [-0.1, -0.05) is 6.07 Å². The number of piperidine rings is 1. The van der Waals surface area contributed by atoms with E-state index in [1.54, 1.807) is 11.3 Å². The monoisotopic (exact) mass is 287 g/mol. The molecule has 0 N–H and O–H groups in total. The Morgan fingerprint density at radius 1 is 1.40 bits per heavy atom. The minimum absolute atomic E-state index is 0.734. The number of aryl methyl sites for hydroxylation is 1. The van der Waals surface area contributed by atoms with Crippen molar-refractivity contribution in [2.75, 3.05) is 13.1 Å². The van der Waals surface area contributed by atoms with Crippen LogP contribution in [0.25, 0.3) is 0 Å². The summed E-state index contributed by atoms with van der Waals surface area (Å²) in [6.45, 7) is 5.46. The molecule has 0 radical (unpaired) electrons. The molecule has 3 nitrogen and oxygen atoms in total. The Morgan fingerprint density at radius 2 is 2.35 bits per heavy atom. The zero-order chi connectivity index (χ0) is 13.8. The van der Waals surface area contributed by atoms with E-state index in [-0.39, 0.29) is 0 Å². The Labute approximate surface area is 124 Å². The summed E-state index contributed by atoms with van der Waals surface area (Å²) >= 11 is 1.76. The molecule has 2 aromatic heterocycles. The predicted molar refractivity (Wildman–Crippen MR) is 82.8 cm³/mol. The molecule has 20 heavy (non-hydrogen) atoms. The van der Waals surface area contributed by atoms with E-state index in [0.29, 0.717) is 0 Å². The zero-order valence-electron chi connectivity index (χ0n) is 12.0. The molecule has 0 spiro atoms. The van der Waals surface area contributed by atoms with Gasteiger partial charge in [0.2, 0.25) is 0 Å². The Bertz CT molecular complexity index is 538. The van der Waals surface area contributed by atoms with Crippen molar-refractivity contribution < 1.29 is 0 Å². The molecular weight excluding hydrogens is 266 g/mol. The van der Waals surface area contributed by atoms with E-state index in [2.05, 4.69) is 45.4 Å². The maximum Gasteiger partial charge on any atom is 0.107 e. The molecule has 1 atom stereocenters. The first-order valence-corrected chi connectivity index (χ1v) is 8.21. The number of hydrogen-bond acceptors (Lipinski definition) is 4. The van der Waals surface area contributed by atoms with Crippen molar-refractivity contribution in [3.8, 4) is 0 Å². The third-order valence-corrected chi connectivity index (χ3v) is 4.65. The van der Waals surface area contributed by atoms with Crippen molar-refractivity contribution in [1.82, 2.24) is 14.9 Å². The van der Waals surface area contributed by atoms with Crippen LogP contribution in [0.4, 0.5) is 0 Å². The summed E-state index contributed by atoms with van der Waals surface area (Å²) in [7, 11) is 0. The van der Waals surface area contributed by atoms with Crippen molar-refractivity contribution in [2.24, 2.45) is 5.92 Å². The average molecular weight is 287 g/mol. The predicted octanol–water partition coefficient (Wildman–Crippen LogP) is 3.30. The highest BCUT2D eigenvalue weighted by atomic mass is 32.1. The summed E-state index contributed by atoms with van der Waals surface area (Å²) in [6.07, 6.45) is 5.62. The van der Waals surface area contributed by atoms with Crippen molar-refractivity contribution in [2.45, 2.75) is 32.7 Å². The molecule has 0 unspecified atom stereocenters. The van der Waals surface area contributed by atoms with Crippen molar-refractivity contribution >= 4 is 11.3 Å². The molecule has 1 aliphatic rings. The van der Waals surface area contributed by atoms with Gasteiger partial charge in [-0.3, -0.25) is 9.88 Å². The van der Waals surface area contributed by atoms with Gasteiger partial charge in [-0.25, -0.2) is 4.98 Å². The molecule has 3 rings (SSSR count). The smallest absolute Gasteiger partial charge is 0.107 e. The topological polar surface area (TPSA) is 29.0 Å². The fraction of sp³-hybridized carbons (Fsp3) is 0.500. The molecule has 1 aliphatic heterocycles. The van der Waals surface area contributed by atoms with Crippen LogP contribution in [0.15, 0.2) is 29.8 Å². The molecule has 1 fully saturated rings. The summed E-state index contributed by atoms with van der Waals surface area (Å²) in [5, 5.41) is 3.30. The van der Waals surface area contributed by atoms with Gasteiger partial charge in [-0.2, -0.15) is 0 Å². The fourth-order valence-corrected chi connectivity index (χ4v) is 3.65. The van der Waals surface area contributed by atoms with Crippen LogP contribution in [0.3, 0.4) is 0 Å². The second-order valence-corrected chi connectivity index (χ2v) is 6.62. The lowest BCUT2D eigenvalue weighted by atomic mass is 9.93. The number of rotatable bonds is 4. The third kappa shape index (κ3) is 3.64. The zero-order valence-corrected chi connectivity index (χ0v) is 12.8. The fourth-order valence-electron chi connectivity index (χ4n) is 2.99. The minimum Gasteiger partial charge on any atom is -0.296 e. The number of pyridine rings is 1. The molecule has 2 aromatic rings. The number of aromatic nitrogens is 2. The average Bonchev–Trinajstić information content (AvgIpc) is 2.92.